The van der Waals surface area contributed by atoms with E-state index in [1.54, 1.807) is 7.11 Å². The fraction of sp³-hybridized carbons (Fsp3) is 0.500. The highest BCUT2D eigenvalue weighted by molar-refractivity contribution is 5.93. The summed E-state index contributed by atoms with van der Waals surface area (Å²) in [7, 11) is 3.71. The first-order valence-corrected chi connectivity index (χ1v) is 9.14. The minimum atomic E-state index is -0.144. The van der Waals surface area contributed by atoms with Crippen LogP contribution < -0.4 is 10.1 Å². The molecule has 1 aromatic heterocycles. The molecule has 26 heavy (non-hydrogen) atoms. The van der Waals surface area contributed by atoms with E-state index >= 15 is 0 Å². The molecule has 1 aliphatic rings. The van der Waals surface area contributed by atoms with Crippen molar-refractivity contribution in [2.24, 2.45) is 5.92 Å². The fourth-order valence-corrected chi connectivity index (χ4v) is 3.40. The largest absolute Gasteiger partial charge is 0.496 e. The summed E-state index contributed by atoms with van der Waals surface area (Å²) < 4.78 is 10.7. The topological polar surface area (TPSA) is 67.6 Å². The molecular formula is C20H27N3O3. The summed E-state index contributed by atoms with van der Waals surface area (Å²) in [6, 6.07) is 7.97. The number of aromatic nitrogens is 1. The number of ether oxygens (including phenoxy) is 1. The predicted molar refractivity (Wildman–Crippen MR) is 99.4 cm³/mol. The molecule has 1 aromatic carbocycles. The van der Waals surface area contributed by atoms with Gasteiger partial charge in [-0.2, -0.15) is 0 Å². The van der Waals surface area contributed by atoms with Gasteiger partial charge in [0.2, 0.25) is 0 Å². The maximum atomic E-state index is 12.5. The first-order chi connectivity index (χ1) is 12.6. The molecule has 6 heteroatoms. The number of hydrogen-bond acceptors (Lipinski definition) is 5. The Morgan fingerprint density at radius 1 is 1.42 bits per heavy atom. The number of carbonyl (C=O) groups excluding carboxylic acids is 1. The summed E-state index contributed by atoms with van der Waals surface area (Å²) in [5.41, 5.74) is 2.57. The van der Waals surface area contributed by atoms with Crippen molar-refractivity contribution in [2.75, 3.05) is 27.2 Å². The van der Waals surface area contributed by atoms with Crippen molar-refractivity contribution in [3.63, 3.8) is 0 Å². The summed E-state index contributed by atoms with van der Waals surface area (Å²) in [5.74, 6) is 2.18. The molecule has 0 bridgehead atoms. The van der Waals surface area contributed by atoms with Gasteiger partial charge >= 0.3 is 0 Å². The number of nitrogens with one attached hydrogen (secondary N) is 1. The fourth-order valence-electron chi connectivity index (χ4n) is 3.40. The number of aryl methyl sites for hydroxylation is 1. The molecule has 0 saturated carbocycles. The Kier molecular flexibility index (Phi) is 5.93. The zero-order valence-corrected chi connectivity index (χ0v) is 15.7. The lowest BCUT2D eigenvalue weighted by atomic mass is 9.88. The van der Waals surface area contributed by atoms with Crippen LogP contribution in [0.3, 0.4) is 0 Å². The van der Waals surface area contributed by atoms with Gasteiger partial charge in [-0.3, -0.25) is 4.79 Å². The number of nitrogens with zero attached hydrogens (tertiary/aromatic N) is 2. The van der Waals surface area contributed by atoms with Crippen LogP contribution in [0.4, 0.5) is 0 Å². The predicted octanol–water partition coefficient (Wildman–Crippen LogP) is 2.67. The highest BCUT2D eigenvalue weighted by Crippen LogP contribution is 2.27. The van der Waals surface area contributed by atoms with Crippen LogP contribution >= 0.6 is 0 Å². The summed E-state index contributed by atoms with van der Waals surface area (Å²) in [5, 5.41) is 6.96. The Labute approximate surface area is 154 Å². The van der Waals surface area contributed by atoms with Gasteiger partial charge in [0.15, 0.2) is 5.69 Å². The van der Waals surface area contributed by atoms with E-state index in [0.29, 0.717) is 18.2 Å². The number of methoxy groups -OCH3 is 1. The van der Waals surface area contributed by atoms with Crippen molar-refractivity contribution in [3.8, 4) is 5.75 Å². The highest BCUT2D eigenvalue weighted by Gasteiger charge is 2.26. The molecule has 6 nitrogen and oxygen atoms in total. The number of fused-ring (bicyclic) bond motifs is 1. The summed E-state index contributed by atoms with van der Waals surface area (Å²) >= 11 is 0. The SMILES string of the molecule is COc1ccccc1CN(C)CCNC(=O)c1noc2c1CC(C)CC2. The number of likely N-dealkylation sites (N-methyl/N-ethyl adjacent to an activating group) is 1. The molecule has 0 aliphatic heterocycles. The van der Waals surface area contributed by atoms with Gasteiger partial charge in [-0.15, -0.1) is 0 Å². The summed E-state index contributed by atoms with van der Waals surface area (Å²) in [6.07, 6.45) is 2.84. The molecule has 2 aromatic rings. The van der Waals surface area contributed by atoms with Gasteiger partial charge in [-0.25, -0.2) is 0 Å². The van der Waals surface area contributed by atoms with Crippen LogP contribution in [0.2, 0.25) is 0 Å². The monoisotopic (exact) mass is 357 g/mol. The maximum Gasteiger partial charge on any atom is 0.273 e. The lowest BCUT2D eigenvalue weighted by Gasteiger charge is -2.19. The standard InChI is InChI=1S/C20H27N3O3/c1-14-8-9-18-16(12-14)19(22-26-18)20(24)21-10-11-23(2)13-15-6-4-5-7-17(15)25-3/h4-7,14H,8-13H2,1-3H3,(H,21,24). The number of para-hydroxylation sites is 1. The maximum absolute atomic E-state index is 12.5. The van der Waals surface area contributed by atoms with Gasteiger partial charge in [0, 0.05) is 37.2 Å². The van der Waals surface area contributed by atoms with Crippen molar-refractivity contribution < 1.29 is 14.1 Å². The third kappa shape index (κ3) is 4.25. The lowest BCUT2D eigenvalue weighted by molar-refractivity contribution is 0.0939. The average molecular weight is 357 g/mol. The van der Waals surface area contributed by atoms with Gasteiger partial charge in [0.1, 0.15) is 11.5 Å². The van der Waals surface area contributed by atoms with Gasteiger partial charge in [0.25, 0.3) is 5.91 Å². The smallest absolute Gasteiger partial charge is 0.273 e. The van der Waals surface area contributed by atoms with Crippen LogP contribution in [0.15, 0.2) is 28.8 Å². The van der Waals surface area contributed by atoms with Crippen LogP contribution in [0.1, 0.15) is 40.7 Å². The Balaban J connectivity index is 1.50. The van der Waals surface area contributed by atoms with Crippen molar-refractivity contribution >= 4 is 5.91 Å². The summed E-state index contributed by atoms with van der Waals surface area (Å²) in [4.78, 5) is 14.6. The summed E-state index contributed by atoms with van der Waals surface area (Å²) in [6.45, 7) is 4.25. The van der Waals surface area contributed by atoms with Crippen molar-refractivity contribution in [2.45, 2.75) is 32.7 Å². The molecule has 0 spiro atoms. The zero-order chi connectivity index (χ0) is 18.5. The number of hydrogen-bond donors (Lipinski definition) is 1. The zero-order valence-electron chi connectivity index (χ0n) is 15.7. The van der Waals surface area contributed by atoms with Crippen LogP contribution in [-0.2, 0) is 19.4 Å². The molecule has 1 unspecified atom stereocenters. The Morgan fingerprint density at radius 2 is 2.23 bits per heavy atom. The average Bonchev–Trinajstić information content (AvgIpc) is 3.05. The molecule has 1 N–H and O–H groups in total. The van der Waals surface area contributed by atoms with Gasteiger partial charge in [-0.05, 0) is 31.9 Å². The molecule has 1 atom stereocenters. The molecule has 3 rings (SSSR count). The third-order valence-corrected chi connectivity index (χ3v) is 4.91. The third-order valence-electron chi connectivity index (χ3n) is 4.91. The second kappa shape index (κ2) is 8.36. The van der Waals surface area contributed by atoms with Crippen molar-refractivity contribution in [1.82, 2.24) is 15.4 Å². The van der Waals surface area contributed by atoms with E-state index in [-0.39, 0.29) is 5.91 Å². The van der Waals surface area contributed by atoms with E-state index < -0.39 is 0 Å². The van der Waals surface area contributed by atoms with Crippen LogP contribution in [0, 0.1) is 5.92 Å². The Hall–Kier alpha value is -2.34. The Bertz CT molecular complexity index is 757. The molecule has 0 saturated heterocycles. The van der Waals surface area contributed by atoms with E-state index in [1.165, 1.54) is 0 Å². The minimum Gasteiger partial charge on any atom is -0.496 e. The van der Waals surface area contributed by atoms with Gasteiger partial charge < -0.3 is 19.5 Å². The Morgan fingerprint density at radius 3 is 3.04 bits per heavy atom. The minimum absolute atomic E-state index is 0.144. The quantitative estimate of drug-likeness (QED) is 0.825. The van der Waals surface area contributed by atoms with Crippen LogP contribution in [0.25, 0.3) is 0 Å². The van der Waals surface area contributed by atoms with Crippen molar-refractivity contribution in [3.05, 3.63) is 46.8 Å². The number of amides is 1. The first kappa shape index (κ1) is 18.5. The van der Waals surface area contributed by atoms with E-state index in [2.05, 4.69) is 28.4 Å². The van der Waals surface area contributed by atoms with Crippen LogP contribution in [0.5, 0.6) is 5.75 Å². The van der Waals surface area contributed by atoms with E-state index in [4.69, 9.17) is 9.26 Å². The van der Waals surface area contributed by atoms with E-state index in [0.717, 1.165) is 55.0 Å². The number of carbonyl (C=O) groups is 1. The second-order valence-electron chi connectivity index (χ2n) is 7.09. The molecule has 1 heterocycles. The van der Waals surface area contributed by atoms with Gasteiger partial charge in [0.05, 0.1) is 7.11 Å². The molecule has 140 valence electrons. The molecule has 1 amide bonds. The molecule has 1 aliphatic carbocycles. The van der Waals surface area contributed by atoms with Crippen LogP contribution in [-0.4, -0.2) is 43.2 Å². The van der Waals surface area contributed by atoms with Crippen molar-refractivity contribution in [1.29, 1.82) is 0 Å². The lowest BCUT2D eigenvalue weighted by Crippen LogP contribution is -2.33. The normalized spacial score (nSPS) is 16.4. The number of rotatable bonds is 7. The van der Waals surface area contributed by atoms with E-state index in [9.17, 15) is 4.79 Å². The van der Waals surface area contributed by atoms with E-state index in [1.807, 2.05) is 25.2 Å². The highest BCUT2D eigenvalue weighted by atomic mass is 16.5. The molecular weight excluding hydrogens is 330 g/mol. The molecule has 0 fully saturated rings. The molecule has 0 radical (unpaired) electrons. The first-order valence-electron chi connectivity index (χ1n) is 9.14. The number of benzene rings is 1. The van der Waals surface area contributed by atoms with Gasteiger partial charge in [-0.1, -0.05) is 30.3 Å². The second-order valence-corrected chi connectivity index (χ2v) is 7.09.